The summed E-state index contributed by atoms with van der Waals surface area (Å²) >= 11 is 12.2. The number of sulfone groups is 1. The van der Waals surface area contributed by atoms with Crippen molar-refractivity contribution in [2.24, 2.45) is 0 Å². The Bertz CT molecular complexity index is 969. The molecule has 118 valence electrons. The van der Waals surface area contributed by atoms with Gasteiger partial charge >= 0.3 is 0 Å². The van der Waals surface area contributed by atoms with E-state index in [4.69, 9.17) is 23.2 Å². The van der Waals surface area contributed by atoms with Gasteiger partial charge in [0.2, 0.25) is 0 Å². The van der Waals surface area contributed by atoms with E-state index in [0.29, 0.717) is 27.0 Å². The van der Waals surface area contributed by atoms with Crippen molar-refractivity contribution < 1.29 is 8.42 Å². The molecule has 6 nitrogen and oxygen atoms in total. The summed E-state index contributed by atoms with van der Waals surface area (Å²) in [5.41, 5.74) is 1.92. The second-order valence-corrected chi connectivity index (χ2v) is 7.51. The zero-order valence-electron chi connectivity index (χ0n) is 11.8. The molecule has 3 aromatic heterocycles. The highest BCUT2D eigenvalue weighted by Crippen LogP contribution is 2.33. The molecule has 0 saturated carbocycles. The molecule has 0 radical (unpaired) electrons. The summed E-state index contributed by atoms with van der Waals surface area (Å²) in [4.78, 5) is 12.1. The van der Waals surface area contributed by atoms with Gasteiger partial charge in [0, 0.05) is 24.2 Å². The van der Waals surface area contributed by atoms with Crippen LogP contribution in [0.2, 0.25) is 10.0 Å². The zero-order valence-corrected chi connectivity index (χ0v) is 14.1. The van der Waals surface area contributed by atoms with E-state index in [-0.39, 0.29) is 5.03 Å². The second kappa shape index (κ2) is 5.92. The van der Waals surface area contributed by atoms with E-state index >= 15 is 0 Å². The fraction of sp³-hybridized carbons (Fsp3) is 0.0714. The van der Waals surface area contributed by atoms with E-state index < -0.39 is 9.84 Å². The van der Waals surface area contributed by atoms with Crippen molar-refractivity contribution in [2.45, 2.75) is 5.03 Å². The molecule has 0 aliphatic rings. The number of rotatable bonds is 3. The Hall–Kier alpha value is -1.96. The van der Waals surface area contributed by atoms with Gasteiger partial charge in [-0.3, -0.25) is 9.55 Å². The predicted molar refractivity (Wildman–Crippen MR) is 87.7 cm³/mol. The highest BCUT2D eigenvalue weighted by Gasteiger charge is 2.14. The van der Waals surface area contributed by atoms with Gasteiger partial charge in [0.05, 0.1) is 40.1 Å². The van der Waals surface area contributed by atoms with Gasteiger partial charge in [0.1, 0.15) is 0 Å². The van der Waals surface area contributed by atoms with Crippen LogP contribution in [0.4, 0.5) is 0 Å². The first kappa shape index (κ1) is 15.9. The van der Waals surface area contributed by atoms with Gasteiger partial charge in [-0.15, -0.1) is 0 Å². The lowest BCUT2D eigenvalue weighted by Gasteiger charge is -2.10. The SMILES string of the molecule is CS(=O)(=O)c1ccc(-n2cncc2-c2cncc(Cl)c2Cl)cn1. The molecule has 0 aliphatic heterocycles. The molecule has 0 spiro atoms. The number of imidazole rings is 1. The summed E-state index contributed by atoms with van der Waals surface area (Å²) < 4.78 is 24.7. The fourth-order valence-electron chi connectivity index (χ4n) is 2.03. The van der Waals surface area contributed by atoms with Crippen LogP contribution in [-0.4, -0.2) is 34.2 Å². The predicted octanol–water partition coefficient (Wildman–Crippen LogP) is 3.04. The summed E-state index contributed by atoms with van der Waals surface area (Å²) in [5, 5.41) is 0.706. The molecular formula is C14H10Cl2N4O2S. The van der Waals surface area contributed by atoms with Crippen LogP contribution in [-0.2, 0) is 9.84 Å². The summed E-state index contributed by atoms with van der Waals surface area (Å²) in [5.74, 6) is 0. The number of nitrogens with zero attached hydrogens (tertiary/aromatic N) is 4. The van der Waals surface area contributed by atoms with Gasteiger partial charge in [0.15, 0.2) is 14.9 Å². The maximum absolute atomic E-state index is 11.5. The third kappa shape index (κ3) is 3.08. The molecule has 3 heterocycles. The molecule has 3 aromatic rings. The van der Waals surface area contributed by atoms with Crippen molar-refractivity contribution in [3.05, 3.63) is 53.3 Å². The Labute approximate surface area is 142 Å². The number of hydrogen-bond acceptors (Lipinski definition) is 5. The van der Waals surface area contributed by atoms with Gasteiger partial charge in [0.25, 0.3) is 0 Å². The lowest BCUT2D eigenvalue weighted by atomic mass is 10.2. The second-order valence-electron chi connectivity index (χ2n) is 4.76. The van der Waals surface area contributed by atoms with Crippen LogP contribution in [0.5, 0.6) is 0 Å². The highest BCUT2D eigenvalue weighted by molar-refractivity contribution is 7.90. The highest BCUT2D eigenvalue weighted by atomic mass is 35.5. The molecule has 9 heteroatoms. The quantitative estimate of drug-likeness (QED) is 0.709. The first-order valence-electron chi connectivity index (χ1n) is 6.36. The maximum Gasteiger partial charge on any atom is 0.192 e. The third-order valence-electron chi connectivity index (χ3n) is 3.13. The third-order valence-corrected chi connectivity index (χ3v) is 4.92. The topological polar surface area (TPSA) is 77.7 Å². The van der Waals surface area contributed by atoms with Crippen molar-refractivity contribution in [3.63, 3.8) is 0 Å². The average molecular weight is 369 g/mol. The lowest BCUT2D eigenvalue weighted by Crippen LogP contribution is -2.02. The molecule has 0 aromatic carbocycles. The van der Waals surface area contributed by atoms with Gasteiger partial charge in [-0.1, -0.05) is 23.2 Å². The Morgan fingerprint density at radius 3 is 2.48 bits per heavy atom. The van der Waals surface area contributed by atoms with Gasteiger partial charge in [-0.2, -0.15) is 0 Å². The Balaban J connectivity index is 2.10. The van der Waals surface area contributed by atoms with Crippen LogP contribution in [0.3, 0.4) is 0 Å². The summed E-state index contributed by atoms with van der Waals surface area (Å²) in [7, 11) is -3.35. The minimum absolute atomic E-state index is 0.00497. The van der Waals surface area contributed by atoms with E-state index in [2.05, 4.69) is 15.0 Å². The van der Waals surface area contributed by atoms with E-state index in [1.165, 1.54) is 18.5 Å². The van der Waals surface area contributed by atoms with Gasteiger partial charge < -0.3 is 0 Å². The maximum atomic E-state index is 11.5. The van der Waals surface area contributed by atoms with Crippen LogP contribution in [0.15, 0.2) is 48.3 Å². The standard InChI is InChI=1S/C14H10Cl2N4O2S/c1-23(21,22)13-3-2-9(4-19-13)20-8-18-7-12(20)10-5-17-6-11(15)14(10)16/h2-8H,1H3. The molecule has 0 N–H and O–H groups in total. The van der Waals surface area contributed by atoms with Gasteiger partial charge in [-0.05, 0) is 12.1 Å². The molecule has 0 atom stereocenters. The fourth-order valence-corrected chi connectivity index (χ4v) is 2.94. The van der Waals surface area contributed by atoms with Crippen molar-refractivity contribution in [1.82, 2.24) is 19.5 Å². The van der Waals surface area contributed by atoms with E-state index in [1.807, 2.05) is 0 Å². The van der Waals surface area contributed by atoms with Crippen molar-refractivity contribution in [3.8, 4) is 16.9 Å². The smallest absolute Gasteiger partial charge is 0.192 e. The van der Waals surface area contributed by atoms with E-state index in [9.17, 15) is 8.42 Å². The molecule has 0 bridgehead atoms. The Morgan fingerprint density at radius 2 is 1.83 bits per heavy atom. The van der Waals surface area contributed by atoms with Crippen LogP contribution in [0, 0.1) is 0 Å². The first-order valence-corrected chi connectivity index (χ1v) is 9.01. The summed E-state index contributed by atoms with van der Waals surface area (Å²) in [6, 6.07) is 3.08. The number of aromatic nitrogens is 4. The Kier molecular flexibility index (Phi) is 4.09. The van der Waals surface area contributed by atoms with Crippen LogP contribution in [0.1, 0.15) is 0 Å². The zero-order chi connectivity index (χ0) is 16.6. The monoisotopic (exact) mass is 368 g/mol. The lowest BCUT2D eigenvalue weighted by molar-refractivity contribution is 0.598. The normalized spacial score (nSPS) is 11.6. The van der Waals surface area contributed by atoms with Crippen LogP contribution < -0.4 is 0 Å². The molecule has 0 fully saturated rings. The van der Waals surface area contributed by atoms with Crippen LogP contribution in [0.25, 0.3) is 16.9 Å². The molecule has 3 rings (SSSR count). The van der Waals surface area contributed by atoms with E-state index in [1.54, 1.807) is 29.4 Å². The molecule has 0 saturated heterocycles. The van der Waals surface area contributed by atoms with Crippen molar-refractivity contribution >= 4 is 33.0 Å². The molecular weight excluding hydrogens is 359 g/mol. The van der Waals surface area contributed by atoms with Gasteiger partial charge in [-0.25, -0.2) is 18.4 Å². The van der Waals surface area contributed by atoms with Crippen LogP contribution >= 0.6 is 23.2 Å². The van der Waals surface area contributed by atoms with E-state index in [0.717, 1.165) is 6.26 Å². The number of hydrogen-bond donors (Lipinski definition) is 0. The molecule has 0 unspecified atom stereocenters. The number of halogens is 2. The Morgan fingerprint density at radius 1 is 1.04 bits per heavy atom. The van der Waals surface area contributed by atoms with Crippen molar-refractivity contribution in [1.29, 1.82) is 0 Å². The largest absolute Gasteiger partial charge is 0.297 e. The summed E-state index contributed by atoms with van der Waals surface area (Å²) in [6.07, 6.45) is 8.78. The molecule has 0 aliphatic carbocycles. The minimum Gasteiger partial charge on any atom is -0.297 e. The minimum atomic E-state index is -3.35. The summed E-state index contributed by atoms with van der Waals surface area (Å²) in [6.45, 7) is 0. The molecule has 23 heavy (non-hydrogen) atoms. The first-order chi connectivity index (χ1) is 10.9. The van der Waals surface area contributed by atoms with Crippen molar-refractivity contribution in [2.75, 3.05) is 6.26 Å². The molecule has 0 amide bonds. The average Bonchev–Trinajstić information content (AvgIpc) is 2.98. The number of pyridine rings is 2.